The first-order valence-electron chi connectivity index (χ1n) is 40.1. The fraction of sp³-hybridized carbons (Fsp3) is 0.435. The third kappa shape index (κ3) is 21.0. The Labute approximate surface area is 629 Å². The number of carboxylic acids is 1. The lowest BCUT2D eigenvalue weighted by molar-refractivity contribution is 0.0690. The van der Waals surface area contributed by atoms with Crippen LogP contribution in [0.3, 0.4) is 0 Å². The molecule has 8 aromatic rings. The molecule has 3 aliphatic heterocycles. The topological polar surface area (TPSA) is 148 Å². The molecule has 13 heteroatoms. The maximum Gasteiger partial charge on any atom is 0.354 e. The molecule has 8 bridgehead atoms. The number of ether oxygens (including phenoxy) is 4. The highest BCUT2D eigenvalue weighted by atomic mass is 32.2. The molecule has 0 fully saturated rings. The number of benzene rings is 4. The number of rotatable bonds is 43. The normalized spacial score (nSPS) is 12.1. The first kappa shape index (κ1) is 77.1. The maximum atomic E-state index is 12.4. The molecule has 105 heavy (non-hydrogen) atoms. The Morgan fingerprint density at radius 3 is 1.33 bits per heavy atom. The number of carboxylic acid groups (broad SMARTS) is 1. The van der Waals surface area contributed by atoms with Crippen LogP contribution in [0.1, 0.15) is 272 Å². The van der Waals surface area contributed by atoms with Gasteiger partial charge in [0.15, 0.2) is 0 Å². The molecular weight excluding hydrogens is 1320 g/mol. The number of H-pyrrole nitrogens is 2. The van der Waals surface area contributed by atoms with Crippen LogP contribution < -0.4 is 23.8 Å². The number of aromatic carboxylic acids is 1. The van der Waals surface area contributed by atoms with Crippen molar-refractivity contribution in [1.29, 1.82) is 0 Å². The molecule has 0 saturated carbocycles. The molecular formula is C92H112N6O6S. The molecule has 0 radical (unpaired) electrons. The second kappa shape index (κ2) is 41.1. The summed E-state index contributed by atoms with van der Waals surface area (Å²) in [5.41, 5.74) is 14.7. The van der Waals surface area contributed by atoms with Crippen molar-refractivity contribution >= 4 is 75.5 Å². The van der Waals surface area contributed by atoms with Crippen molar-refractivity contribution in [3.8, 4) is 68.2 Å². The molecule has 0 amide bonds. The second-order valence-electron chi connectivity index (χ2n) is 28.4. The van der Waals surface area contributed by atoms with Gasteiger partial charge in [-0.2, -0.15) is 0 Å². The van der Waals surface area contributed by atoms with Crippen molar-refractivity contribution in [2.75, 3.05) is 37.9 Å². The monoisotopic (exact) mass is 1430 g/mol. The van der Waals surface area contributed by atoms with Gasteiger partial charge in [0, 0.05) is 61.3 Å². The van der Waals surface area contributed by atoms with E-state index >= 15 is 0 Å². The first-order chi connectivity index (χ1) is 51.8. The number of nitrogens with zero attached hydrogens (tertiary/aromatic N) is 4. The number of pyridine rings is 1. The van der Waals surface area contributed by atoms with Gasteiger partial charge in [-0.1, -0.05) is 249 Å². The molecule has 0 saturated heterocycles. The number of aromatic amines is 2. The van der Waals surface area contributed by atoms with E-state index in [-0.39, 0.29) is 5.69 Å². The van der Waals surface area contributed by atoms with Crippen LogP contribution in [-0.2, 0) is 0 Å². The Kier molecular flexibility index (Phi) is 30.2. The average Bonchev–Trinajstić information content (AvgIpc) is 1.75. The van der Waals surface area contributed by atoms with E-state index in [1.165, 1.54) is 168 Å². The van der Waals surface area contributed by atoms with Crippen molar-refractivity contribution in [1.82, 2.24) is 24.9 Å². The van der Waals surface area contributed by atoms with Crippen LogP contribution in [0.15, 0.2) is 131 Å². The maximum absolute atomic E-state index is 12.4. The Balaban J connectivity index is 1.18. The SMILES string of the molecule is CCCCCCCCOc1cccc(OCCCCCCCC)c1-c1c2nc(c(-c3ccc4c(c3)Sc3ccccc3N4CCCCCCCC)c3ccc([nH]3)c(-c3c(OCCCCCCCC)cccc3OCCCCCCCC)c3nc(c(C#Cc4ccnc(C(=O)O)c4)c4ccc1[nH]4)C=C3)C=C2. The minimum absolute atomic E-state index is 0.0908. The molecule has 0 atom stereocenters. The summed E-state index contributed by atoms with van der Waals surface area (Å²) in [6.45, 7) is 14.4. The van der Waals surface area contributed by atoms with Crippen molar-refractivity contribution in [2.45, 2.75) is 237 Å². The van der Waals surface area contributed by atoms with Crippen LogP contribution in [0.2, 0.25) is 0 Å². The molecule has 12 nitrogen and oxygen atoms in total. The standard InChI is InChI=1S/C92H112N6O6S/c1-6-11-16-21-26-33-60-98-79-40-31-32-45-85(79)105-86-66-68(47-57-80(86)98)87-72-53-55-76(96-72)88(90-81(101-61-34-27-22-17-12-7-2)41-38-42-82(90)102-62-35-28-23-18-13-8-3)74-51-49-70(94-74)69(48-46-67-58-59-93-78(65-67)92(99)100)71-50-52-75(95-71)89(77-56-54-73(87)97-77)91-83(103-63-36-29-24-19-14-9-4)43-39-44-84(91)104-64-37-30-25-20-15-10-5/h31-32,38-45,47,49-59,65-66,94,97H,6-30,33-37,60-64H2,1-5H3,(H,99,100). The van der Waals surface area contributed by atoms with E-state index in [1.54, 1.807) is 6.07 Å². The predicted octanol–water partition coefficient (Wildman–Crippen LogP) is 26.1. The van der Waals surface area contributed by atoms with Gasteiger partial charge in [-0.3, -0.25) is 0 Å². The Hall–Kier alpha value is -8.99. The van der Waals surface area contributed by atoms with Gasteiger partial charge >= 0.3 is 5.97 Å². The average molecular weight is 1430 g/mol. The quantitative estimate of drug-likeness (QED) is 0.0248. The van der Waals surface area contributed by atoms with Crippen molar-refractivity contribution < 1.29 is 28.8 Å². The van der Waals surface area contributed by atoms with E-state index in [0.29, 0.717) is 54.5 Å². The van der Waals surface area contributed by atoms with Gasteiger partial charge in [0.1, 0.15) is 28.7 Å². The lowest BCUT2D eigenvalue weighted by atomic mass is 10.0. The number of nitrogens with one attached hydrogen (secondary N) is 2. The van der Waals surface area contributed by atoms with Gasteiger partial charge < -0.3 is 38.9 Å². The number of hydrogen-bond donors (Lipinski definition) is 3. The molecule has 0 unspecified atom stereocenters. The number of unbranched alkanes of at least 4 members (excludes halogenated alkanes) is 25. The van der Waals surface area contributed by atoms with E-state index in [9.17, 15) is 9.90 Å². The molecule has 3 N–H and O–H groups in total. The lowest BCUT2D eigenvalue weighted by Gasteiger charge is -2.33. The third-order valence-corrected chi connectivity index (χ3v) is 21.3. The van der Waals surface area contributed by atoms with Gasteiger partial charge in [0.05, 0.1) is 82.8 Å². The van der Waals surface area contributed by atoms with Gasteiger partial charge in [-0.05, 0) is 147 Å². The lowest BCUT2D eigenvalue weighted by Crippen LogP contribution is -2.22. The summed E-state index contributed by atoms with van der Waals surface area (Å²) in [5, 5.41) is 10.1. The summed E-state index contributed by atoms with van der Waals surface area (Å²) in [4.78, 5) is 41.1. The molecule has 7 heterocycles. The smallest absolute Gasteiger partial charge is 0.354 e. The number of fused-ring (bicyclic) bond motifs is 10. The highest BCUT2D eigenvalue weighted by Gasteiger charge is 2.28. The van der Waals surface area contributed by atoms with Crippen LogP contribution in [0.25, 0.3) is 79.8 Å². The molecule has 552 valence electrons. The molecule has 0 spiro atoms. The van der Waals surface area contributed by atoms with Gasteiger partial charge in [0.2, 0.25) is 0 Å². The summed E-state index contributed by atoms with van der Waals surface area (Å²) in [6, 6.07) is 40.1. The van der Waals surface area contributed by atoms with E-state index in [1.807, 2.05) is 17.8 Å². The number of para-hydroxylation sites is 1. The number of hydrogen-bond acceptors (Lipinski definition) is 10. The highest BCUT2D eigenvalue weighted by molar-refractivity contribution is 7.99. The van der Waals surface area contributed by atoms with Crippen LogP contribution in [0, 0.1) is 11.8 Å². The molecule has 4 aromatic carbocycles. The van der Waals surface area contributed by atoms with E-state index in [0.717, 1.165) is 149 Å². The zero-order valence-corrected chi connectivity index (χ0v) is 64.1. The molecule has 11 rings (SSSR count). The summed E-state index contributed by atoms with van der Waals surface area (Å²) in [7, 11) is 0. The van der Waals surface area contributed by atoms with Crippen LogP contribution in [0.4, 0.5) is 11.4 Å². The first-order valence-corrected chi connectivity index (χ1v) is 40.9. The fourth-order valence-electron chi connectivity index (χ4n) is 14.5. The van der Waals surface area contributed by atoms with Crippen molar-refractivity contribution in [3.05, 3.63) is 161 Å². The fourth-order valence-corrected chi connectivity index (χ4v) is 15.6. The van der Waals surface area contributed by atoms with Gasteiger partial charge in [0.25, 0.3) is 0 Å². The number of anilines is 2. The second-order valence-corrected chi connectivity index (χ2v) is 29.5. The van der Waals surface area contributed by atoms with E-state index < -0.39 is 5.97 Å². The molecule has 0 aliphatic carbocycles. The molecule has 3 aliphatic rings. The number of aromatic nitrogens is 5. The summed E-state index contributed by atoms with van der Waals surface area (Å²) in [5.74, 6) is 8.65. The third-order valence-electron chi connectivity index (χ3n) is 20.2. The van der Waals surface area contributed by atoms with Gasteiger partial charge in [-0.15, -0.1) is 0 Å². The summed E-state index contributed by atoms with van der Waals surface area (Å²) >= 11 is 1.84. The van der Waals surface area contributed by atoms with E-state index in [2.05, 4.69) is 188 Å². The predicted molar refractivity (Wildman–Crippen MR) is 439 cm³/mol. The van der Waals surface area contributed by atoms with Crippen molar-refractivity contribution in [2.24, 2.45) is 0 Å². The zero-order chi connectivity index (χ0) is 72.8. The minimum Gasteiger partial charge on any atom is -0.493 e. The largest absolute Gasteiger partial charge is 0.493 e. The van der Waals surface area contributed by atoms with Crippen LogP contribution >= 0.6 is 11.8 Å². The minimum atomic E-state index is -1.13. The Morgan fingerprint density at radius 1 is 0.410 bits per heavy atom. The Bertz CT molecular complexity index is 4300. The van der Waals surface area contributed by atoms with Crippen LogP contribution in [-0.4, -0.2) is 69.0 Å². The van der Waals surface area contributed by atoms with Crippen molar-refractivity contribution in [3.63, 3.8) is 0 Å². The zero-order valence-electron chi connectivity index (χ0n) is 63.3. The molecule has 4 aromatic heterocycles. The van der Waals surface area contributed by atoms with E-state index in [4.69, 9.17) is 28.9 Å². The Morgan fingerprint density at radius 2 is 0.829 bits per heavy atom. The number of carbonyl (C=O) groups is 1. The van der Waals surface area contributed by atoms with Crippen LogP contribution in [0.5, 0.6) is 23.0 Å². The summed E-state index contributed by atoms with van der Waals surface area (Å²) < 4.78 is 28.1. The van der Waals surface area contributed by atoms with Gasteiger partial charge in [-0.25, -0.2) is 19.7 Å². The summed E-state index contributed by atoms with van der Waals surface area (Å²) in [6.07, 6.45) is 44.6. The highest BCUT2D eigenvalue weighted by Crippen LogP contribution is 2.51.